The summed E-state index contributed by atoms with van der Waals surface area (Å²) in [5.74, 6) is -0.153. The molecule has 22 heavy (non-hydrogen) atoms. The maximum Gasteiger partial charge on any atom is 0.308 e. The summed E-state index contributed by atoms with van der Waals surface area (Å²) in [6, 6.07) is 0.142. The Morgan fingerprint density at radius 2 is 1.86 bits per heavy atom. The van der Waals surface area contributed by atoms with Gasteiger partial charge in [0.05, 0.1) is 18.6 Å². The Morgan fingerprint density at radius 3 is 2.41 bits per heavy atom. The number of ether oxygens (including phenoxy) is 2. The van der Waals surface area contributed by atoms with Gasteiger partial charge in [0.1, 0.15) is 6.10 Å². The van der Waals surface area contributed by atoms with E-state index in [4.69, 9.17) is 15.2 Å². The molecule has 0 aromatic heterocycles. The summed E-state index contributed by atoms with van der Waals surface area (Å²) < 4.78 is 10.6. The van der Waals surface area contributed by atoms with Crippen LogP contribution in [0.1, 0.15) is 45.4 Å². The number of nitrogens with one attached hydrogen (secondary N) is 1. The first-order valence-corrected chi connectivity index (χ1v) is 7.96. The zero-order chi connectivity index (χ0) is 15.2. The van der Waals surface area contributed by atoms with Crippen molar-refractivity contribution in [3.63, 3.8) is 0 Å². The fourth-order valence-electron chi connectivity index (χ4n) is 3.10. The molecule has 1 saturated carbocycles. The van der Waals surface area contributed by atoms with Crippen LogP contribution >= 0.6 is 12.4 Å². The summed E-state index contributed by atoms with van der Waals surface area (Å²) in [4.78, 5) is 23.8. The number of carbonyl (C=O) groups excluding carboxylic acids is 2. The first-order chi connectivity index (χ1) is 10.1. The normalized spacial score (nSPS) is 31.2. The highest BCUT2D eigenvalue weighted by molar-refractivity contribution is 5.85. The number of hydrogen-bond acceptors (Lipinski definition) is 5. The molecule has 0 bridgehead atoms. The minimum absolute atomic E-state index is 0. The number of hydrogen-bond donors (Lipinski definition) is 2. The van der Waals surface area contributed by atoms with Crippen LogP contribution in [0.2, 0.25) is 0 Å². The first kappa shape index (κ1) is 19.2. The second-order valence-electron chi connectivity index (χ2n) is 5.87. The van der Waals surface area contributed by atoms with Crippen molar-refractivity contribution in [2.75, 3.05) is 13.2 Å². The average Bonchev–Trinajstić information content (AvgIpc) is 2.97. The summed E-state index contributed by atoms with van der Waals surface area (Å²) in [6.45, 7) is 2.71. The molecule has 1 saturated heterocycles. The van der Waals surface area contributed by atoms with Gasteiger partial charge in [-0.1, -0.05) is 0 Å². The first-order valence-electron chi connectivity index (χ1n) is 7.96. The molecule has 1 heterocycles. The highest BCUT2D eigenvalue weighted by Crippen LogP contribution is 2.26. The van der Waals surface area contributed by atoms with E-state index in [1.807, 2.05) is 6.92 Å². The Labute approximate surface area is 137 Å². The zero-order valence-electron chi connectivity index (χ0n) is 13.1. The smallest absolute Gasteiger partial charge is 0.308 e. The van der Waals surface area contributed by atoms with Crippen molar-refractivity contribution in [3.05, 3.63) is 0 Å². The van der Waals surface area contributed by atoms with Crippen LogP contribution in [-0.4, -0.2) is 43.3 Å². The molecule has 2 atom stereocenters. The van der Waals surface area contributed by atoms with Gasteiger partial charge in [-0.15, -0.1) is 12.4 Å². The van der Waals surface area contributed by atoms with Gasteiger partial charge in [0.2, 0.25) is 5.91 Å². The summed E-state index contributed by atoms with van der Waals surface area (Å²) in [5.41, 5.74) is 5.55. The Morgan fingerprint density at radius 1 is 1.18 bits per heavy atom. The zero-order valence-corrected chi connectivity index (χ0v) is 13.9. The Bertz CT molecular complexity index is 373. The van der Waals surface area contributed by atoms with E-state index in [-0.39, 0.29) is 48.5 Å². The monoisotopic (exact) mass is 334 g/mol. The summed E-state index contributed by atoms with van der Waals surface area (Å²) >= 11 is 0. The molecular weight excluding hydrogens is 308 g/mol. The summed E-state index contributed by atoms with van der Waals surface area (Å²) in [6.07, 6.45) is 4.45. The van der Waals surface area contributed by atoms with E-state index in [0.717, 1.165) is 38.5 Å². The van der Waals surface area contributed by atoms with Gasteiger partial charge in [-0.25, -0.2) is 0 Å². The molecule has 3 N–H and O–H groups in total. The van der Waals surface area contributed by atoms with Crippen molar-refractivity contribution < 1.29 is 19.1 Å². The minimum Gasteiger partial charge on any atom is -0.466 e. The van der Waals surface area contributed by atoms with E-state index < -0.39 is 0 Å². The van der Waals surface area contributed by atoms with Crippen LogP contribution in [0.5, 0.6) is 0 Å². The van der Waals surface area contributed by atoms with Crippen molar-refractivity contribution in [2.24, 2.45) is 11.7 Å². The van der Waals surface area contributed by atoms with Gasteiger partial charge in [-0.2, -0.15) is 0 Å². The third-order valence-corrected chi connectivity index (χ3v) is 4.36. The number of esters is 1. The molecule has 2 rings (SSSR count). The largest absolute Gasteiger partial charge is 0.466 e. The van der Waals surface area contributed by atoms with Gasteiger partial charge in [-0.05, 0) is 45.4 Å². The molecule has 7 heteroatoms. The lowest BCUT2D eigenvalue weighted by Crippen LogP contribution is -2.44. The van der Waals surface area contributed by atoms with Gasteiger partial charge in [0.15, 0.2) is 0 Å². The lowest BCUT2D eigenvalue weighted by atomic mass is 9.86. The van der Waals surface area contributed by atoms with Crippen molar-refractivity contribution >= 4 is 24.3 Å². The Balaban J connectivity index is 0.00000242. The van der Waals surface area contributed by atoms with Gasteiger partial charge < -0.3 is 20.5 Å². The maximum absolute atomic E-state index is 12.1. The topological polar surface area (TPSA) is 90.7 Å². The fraction of sp³-hybridized carbons (Fsp3) is 0.867. The molecule has 0 spiro atoms. The average molecular weight is 335 g/mol. The van der Waals surface area contributed by atoms with E-state index in [1.165, 1.54) is 0 Å². The van der Waals surface area contributed by atoms with Crippen LogP contribution < -0.4 is 11.1 Å². The van der Waals surface area contributed by atoms with Crippen molar-refractivity contribution in [1.29, 1.82) is 0 Å². The van der Waals surface area contributed by atoms with Crippen LogP contribution in [0.25, 0.3) is 0 Å². The maximum atomic E-state index is 12.1. The van der Waals surface area contributed by atoms with Crippen LogP contribution in [0.3, 0.4) is 0 Å². The van der Waals surface area contributed by atoms with Gasteiger partial charge >= 0.3 is 5.97 Å². The van der Waals surface area contributed by atoms with Gasteiger partial charge in [0.25, 0.3) is 0 Å². The van der Waals surface area contributed by atoms with Crippen LogP contribution in [0, 0.1) is 5.92 Å². The lowest BCUT2D eigenvalue weighted by Gasteiger charge is -2.28. The fourth-order valence-corrected chi connectivity index (χ4v) is 3.10. The number of nitrogens with two attached hydrogens (primary N) is 1. The van der Waals surface area contributed by atoms with Crippen molar-refractivity contribution in [3.8, 4) is 0 Å². The second kappa shape index (κ2) is 9.33. The van der Waals surface area contributed by atoms with Crippen molar-refractivity contribution in [2.45, 2.75) is 63.7 Å². The molecule has 0 radical (unpaired) electrons. The molecule has 2 aliphatic rings. The second-order valence-corrected chi connectivity index (χ2v) is 5.87. The predicted octanol–water partition coefficient (Wildman–Crippen LogP) is 1.15. The van der Waals surface area contributed by atoms with Crippen LogP contribution in [0.15, 0.2) is 0 Å². The molecule has 128 valence electrons. The standard InChI is InChI=1S/C15H26N2O4.ClH/c1-2-20-15(19)10-3-5-11(6-4-10)17-14(18)13-8-7-12(9-16)21-13;/h10-13H,2-9,16H2,1H3,(H,17,18);1H/t10?,11?,12-,13+;/m1./s1. The molecule has 6 nitrogen and oxygen atoms in total. The number of halogens is 1. The van der Waals surface area contributed by atoms with Crippen LogP contribution in [-0.2, 0) is 19.1 Å². The molecule has 1 aliphatic heterocycles. The Kier molecular flexibility index (Phi) is 8.14. The van der Waals surface area contributed by atoms with E-state index in [1.54, 1.807) is 0 Å². The molecule has 0 unspecified atom stereocenters. The van der Waals surface area contributed by atoms with Gasteiger partial charge in [-0.3, -0.25) is 9.59 Å². The number of carbonyl (C=O) groups is 2. The van der Waals surface area contributed by atoms with E-state index in [9.17, 15) is 9.59 Å². The molecule has 1 amide bonds. The predicted molar refractivity (Wildman–Crippen MR) is 84.7 cm³/mol. The third kappa shape index (κ3) is 5.11. The highest BCUT2D eigenvalue weighted by Gasteiger charge is 2.33. The molecule has 1 aliphatic carbocycles. The SMILES string of the molecule is CCOC(=O)C1CCC(NC(=O)[C@@H]2CC[C@H](CN)O2)CC1.Cl. The van der Waals surface area contributed by atoms with E-state index in [2.05, 4.69) is 5.32 Å². The van der Waals surface area contributed by atoms with E-state index in [0.29, 0.717) is 13.2 Å². The quantitative estimate of drug-likeness (QED) is 0.736. The summed E-state index contributed by atoms with van der Waals surface area (Å²) in [7, 11) is 0. The molecular formula is C15H27ClN2O4. The Hall–Kier alpha value is -0.850. The number of amides is 1. The van der Waals surface area contributed by atoms with Gasteiger partial charge in [0, 0.05) is 12.6 Å². The van der Waals surface area contributed by atoms with E-state index >= 15 is 0 Å². The minimum atomic E-state index is -0.360. The summed E-state index contributed by atoms with van der Waals surface area (Å²) in [5, 5.41) is 3.04. The lowest BCUT2D eigenvalue weighted by molar-refractivity contribution is -0.149. The van der Waals surface area contributed by atoms with Crippen molar-refractivity contribution in [1.82, 2.24) is 5.32 Å². The highest BCUT2D eigenvalue weighted by atomic mass is 35.5. The number of rotatable bonds is 5. The molecule has 0 aromatic carbocycles. The molecule has 2 fully saturated rings. The third-order valence-electron chi connectivity index (χ3n) is 4.36. The van der Waals surface area contributed by atoms with Crippen LogP contribution in [0.4, 0.5) is 0 Å². The molecule has 0 aromatic rings.